The number of anilines is 3. The van der Waals surface area contributed by atoms with Crippen LogP contribution in [0.25, 0.3) is 0 Å². The summed E-state index contributed by atoms with van der Waals surface area (Å²) in [6.07, 6.45) is 9.90. The molecule has 3 aromatic rings. The second-order valence-electron chi connectivity index (χ2n) is 7.31. The Hall–Kier alpha value is -2.57. The highest BCUT2D eigenvalue weighted by Gasteiger charge is 2.35. The lowest BCUT2D eigenvalue weighted by Gasteiger charge is -2.36. The number of piperidine rings is 1. The summed E-state index contributed by atoms with van der Waals surface area (Å²) >= 11 is 1.86. The molecule has 4 heterocycles. The van der Waals surface area contributed by atoms with E-state index in [2.05, 4.69) is 62.2 Å². The Bertz CT molecular complexity index is 964. The minimum atomic E-state index is 0.154. The molecule has 1 saturated heterocycles. The number of aromatic nitrogens is 2. The van der Waals surface area contributed by atoms with Gasteiger partial charge in [0.05, 0.1) is 29.5 Å². The van der Waals surface area contributed by atoms with Crippen molar-refractivity contribution in [3.8, 4) is 0 Å². The van der Waals surface area contributed by atoms with Crippen LogP contribution in [-0.2, 0) is 0 Å². The third-order valence-corrected chi connectivity index (χ3v) is 6.72. The molecule has 0 radical (unpaired) electrons. The quantitative estimate of drug-likeness (QED) is 0.719. The molecule has 1 aromatic carbocycles. The number of rotatable bonds is 3. The van der Waals surface area contributed by atoms with Crippen molar-refractivity contribution in [2.45, 2.75) is 29.2 Å². The molecule has 28 heavy (non-hydrogen) atoms. The molecule has 0 aliphatic carbocycles. The minimum absolute atomic E-state index is 0.154. The minimum Gasteiger partial charge on any atom is -0.368 e. The highest BCUT2D eigenvalue weighted by atomic mass is 32.2. The Kier molecular flexibility index (Phi) is 4.66. The van der Waals surface area contributed by atoms with E-state index in [1.54, 1.807) is 0 Å². The molecule has 2 aliphatic heterocycles. The maximum Gasteiger partial charge on any atom is 0.110 e. The lowest BCUT2D eigenvalue weighted by atomic mass is 10.1. The summed E-state index contributed by atoms with van der Waals surface area (Å²) in [6, 6.07) is 15.1. The van der Waals surface area contributed by atoms with Gasteiger partial charge >= 0.3 is 0 Å². The number of benzene rings is 1. The van der Waals surface area contributed by atoms with Crippen LogP contribution in [0.1, 0.15) is 23.8 Å². The molecule has 5 rings (SSSR count). The first-order valence-corrected chi connectivity index (χ1v) is 10.6. The normalized spacial score (nSPS) is 21.6. The Labute approximate surface area is 169 Å². The van der Waals surface area contributed by atoms with Crippen molar-refractivity contribution in [2.24, 2.45) is 5.73 Å². The van der Waals surface area contributed by atoms with E-state index in [9.17, 15) is 0 Å². The summed E-state index contributed by atoms with van der Waals surface area (Å²) in [7, 11) is 0. The summed E-state index contributed by atoms with van der Waals surface area (Å²) in [5.74, 6) is 0. The number of thioether (sulfide) groups is 1. The van der Waals surface area contributed by atoms with Crippen molar-refractivity contribution in [1.82, 2.24) is 9.97 Å². The molecule has 0 saturated carbocycles. The van der Waals surface area contributed by atoms with Crippen LogP contribution in [0.15, 0.2) is 72.1 Å². The van der Waals surface area contributed by atoms with Gasteiger partial charge in [-0.3, -0.25) is 9.97 Å². The average Bonchev–Trinajstić information content (AvgIpc) is 3.14. The molecule has 2 aromatic heterocycles. The van der Waals surface area contributed by atoms with Crippen LogP contribution in [0, 0.1) is 0 Å². The largest absolute Gasteiger partial charge is 0.368 e. The second kappa shape index (κ2) is 7.45. The number of hydrogen-bond acceptors (Lipinski definition) is 6. The van der Waals surface area contributed by atoms with Crippen LogP contribution in [0.5, 0.6) is 0 Å². The Morgan fingerprint density at radius 1 is 0.929 bits per heavy atom. The van der Waals surface area contributed by atoms with E-state index in [1.807, 2.05) is 36.5 Å². The fourth-order valence-corrected chi connectivity index (χ4v) is 5.38. The zero-order valence-electron chi connectivity index (χ0n) is 15.6. The molecule has 0 spiro atoms. The van der Waals surface area contributed by atoms with E-state index in [0.717, 1.165) is 37.3 Å². The molecule has 142 valence electrons. The maximum atomic E-state index is 6.28. The van der Waals surface area contributed by atoms with E-state index in [4.69, 9.17) is 5.73 Å². The zero-order chi connectivity index (χ0) is 18.9. The number of fused-ring (bicyclic) bond motifs is 1. The molecule has 1 fully saturated rings. The zero-order valence-corrected chi connectivity index (χ0v) is 16.4. The lowest BCUT2D eigenvalue weighted by Crippen LogP contribution is -2.43. The van der Waals surface area contributed by atoms with Gasteiger partial charge in [-0.2, -0.15) is 0 Å². The summed E-state index contributed by atoms with van der Waals surface area (Å²) in [5, 5.41) is 0.154. The summed E-state index contributed by atoms with van der Waals surface area (Å²) in [5.41, 5.74) is 11.0. The van der Waals surface area contributed by atoms with E-state index in [-0.39, 0.29) is 11.4 Å². The standard InChI is InChI=1S/C22H23N5S/c23-17-7-4-12-26(15-17)18-8-10-24-13-19(18)27-20-14-25-11-9-21(20)28-22(27)16-5-2-1-3-6-16/h1-3,5-6,8-11,13-14,17,22H,4,7,12,15,23H2. The maximum absolute atomic E-state index is 6.28. The summed E-state index contributed by atoms with van der Waals surface area (Å²) in [4.78, 5) is 14.9. The van der Waals surface area contributed by atoms with Gasteiger partial charge in [-0.05, 0) is 30.5 Å². The van der Waals surface area contributed by atoms with Crippen LogP contribution in [-0.4, -0.2) is 29.1 Å². The van der Waals surface area contributed by atoms with Crippen LogP contribution in [0.2, 0.25) is 0 Å². The first-order valence-electron chi connectivity index (χ1n) is 9.70. The summed E-state index contributed by atoms with van der Waals surface area (Å²) in [6.45, 7) is 1.91. The highest BCUT2D eigenvalue weighted by molar-refractivity contribution is 8.00. The predicted octanol–water partition coefficient (Wildman–Crippen LogP) is 4.35. The Balaban J connectivity index is 1.62. The molecule has 6 heteroatoms. The van der Waals surface area contributed by atoms with E-state index < -0.39 is 0 Å². The fourth-order valence-electron chi connectivity index (χ4n) is 4.10. The van der Waals surface area contributed by atoms with Crippen LogP contribution >= 0.6 is 11.8 Å². The third-order valence-electron chi connectivity index (χ3n) is 5.41. The van der Waals surface area contributed by atoms with Gasteiger partial charge in [0.15, 0.2) is 0 Å². The number of hydrogen-bond donors (Lipinski definition) is 1. The Morgan fingerprint density at radius 3 is 2.54 bits per heavy atom. The smallest absolute Gasteiger partial charge is 0.110 e. The fraction of sp³-hybridized carbons (Fsp3) is 0.273. The van der Waals surface area contributed by atoms with Crippen molar-refractivity contribution < 1.29 is 0 Å². The first-order chi connectivity index (χ1) is 13.8. The number of nitrogens with zero attached hydrogens (tertiary/aromatic N) is 4. The van der Waals surface area contributed by atoms with Gasteiger partial charge in [-0.15, -0.1) is 0 Å². The van der Waals surface area contributed by atoms with E-state index >= 15 is 0 Å². The van der Waals surface area contributed by atoms with Crippen LogP contribution in [0.3, 0.4) is 0 Å². The molecule has 0 amide bonds. The number of nitrogens with two attached hydrogens (primary N) is 1. The monoisotopic (exact) mass is 389 g/mol. The van der Waals surface area contributed by atoms with Crippen molar-refractivity contribution in [2.75, 3.05) is 22.9 Å². The van der Waals surface area contributed by atoms with E-state index in [0.29, 0.717) is 0 Å². The van der Waals surface area contributed by atoms with Gasteiger partial charge in [-0.1, -0.05) is 42.1 Å². The van der Waals surface area contributed by atoms with Gasteiger partial charge in [0.1, 0.15) is 5.37 Å². The molecular formula is C22H23N5S. The molecule has 2 N–H and O–H groups in total. The van der Waals surface area contributed by atoms with Crippen LogP contribution in [0.4, 0.5) is 17.1 Å². The van der Waals surface area contributed by atoms with Gasteiger partial charge in [-0.25, -0.2) is 0 Å². The van der Waals surface area contributed by atoms with E-state index in [1.165, 1.54) is 16.1 Å². The molecule has 0 bridgehead atoms. The lowest BCUT2D eigenvalue weighted by molar-refractivity contribution is 0.506. The van der Waals surface area contributed by atoms with Gasteiger partial charge < -0.3 is 15.5 Å². The van der Waals surface area contributed by atoms with Crippen molar-refractivity contribution in [3.05, 3.63) is 72.8 Å². The summed E-state index contributed by atoms with van der Waals surface area (Å²) < 4.78 is 0. The van der Waals surface area contributed by atoms with Gasteiger partial charge in [0, 0.05) is 36.4 Å². The molecule has 5 nitrogen and oxygen atoms in total. The van der Waals surface area contributed by atoms with Crippen molar-refractivity contribution in [1.29, 1.82) is 0 Å². The second-order valence-corrected chi connectivity index (χ2v) is 8.43. The van der Waals surface area contributed by atoms with Gasteiger partial charge in [0.25, 0.3) is 0 Å². The van der Waals surface area contributed by atoms with Crippen molar-refractivity contribution >= 4 is 28.8 Å². The molecule has 2 unspecified atom stereocenters. The molecule has 2 aliphatic rings. The number of pyridine rings is 2. The SMILES string of the molecule is NC1CCCN(c2ccncc2N2c3cnccc3SC2c2ccccc2)C1. The van der Waals surface area contributed by atoms with Gasteiger partial charge in [0.2, 0.25) is 0 Å². The van der Waals surface area contributed by atoms with Crippen molar-refractivity contribution in [3.63, 3.8) is 0 Å². The average molecular weight is 390 g/mol. The third kappa shape index (κ3) is 3.12. The predicted molar refractivity (Wildman–Crippen MR) is 115 cm³/mol. The Morgan fingerprint density at radius 2 is 1.71 bits per heavy atom. The first kappa shape index (κ1) is 17.5. The molecular weight excluding hydrogens is 366 g/mol. The highest BCUT2D eigenvalue weighted by Crippen LogP contribution is 2.55. The molecule has 2 atom stereocenters. The topological polar surface area (TPSA) is 58.3 Å². The van der Waals surface area contributed by atoms with Crippen LogP contribution < -0.4 is 15.5 Å².